The Balaban J connectivity index is 1.89. The first-order valence-corrected chi connectivity index (χ1v) is 8.21. The molecule has 0 fully saturated rings. The Labute approximate surface area is 149 Å². The van der Waals surface area contributed by atoms with Gasteiger partial charge in [0.15, 0.2) is 5.65 Å². The van der Waals surface area contributed by atoms with Crippen molar-refractivity contribution in [1.29, 1.82) is 0 Å². The summed E-state index contributed by atoms with van der Waals surface area (Å²) in [7, 11) is 1.69. The summed E-state index contributed by atoms with van der Waals surface area (Å²) in [6.45, 7) is 1.76. The lowest BCUT2D eigenvalue weighted by Crippen LogP contribution is -2.46. The van der Waals surface area contributed by atoms with Crippen molar-refractivity contribution < 1.29 is 14.7 Å². The SMILES string of the molecule is CCC(CNC(=O)c1ccnc2c1nnn2C)(C(=O)O)c1ccccc1. The fraction of sp³-hybridized carbons (Fsp3) is 0.278. The number of aryl methyl sites for hydroxylation is 1. The van der Waals surface area contributed by atoms with Crippen LogP contribution in [0.2, 0.25) is 0 Å². The number of rotatable bonds is 6. The fourth-order valence-electron chi connectivity index (χ4n) is 2.98. The molecule has 1 unspecified atom stereocenters. The first kappa shape index (κ1) is 17.5. The molecule has 0 aliphatic rings. The van der Waals surface area contributed by atoms with Crippen LogP contribution in [0.3, 0.4) is 0 Å². The monoisotopic (exact) mass is 353 g/mol. The summed E-state index contributed by atoms with van der Waals surface area (Å²) in [4.78, 5) is 28.9. The number of nitrogens with one attached hydrogen (secondary N) is 1. The Morgan fingerprint density at radius 1 is 1.23 bits per heavy atom. The standard InChI is InChI=1S/C18H19N5O3/c1-3-18(17(25)26,12-7-5-4-6-8-12)11-20-16(24)13-9-10-19-15-14(13)21-22-23(15)2/h4-10H,3,11H2,1-2H3,(H,20,24)(H,25,26). The quantitative estimate of drug-likeness (QED) is 0.695. The van der Waals surface area contributed by atoms with Gasteiger partial charge in [0.05, 0.1) is 5.56 Å². The molecule has 0 saturated heterocycles. The second-order valence-corrected chi connectivity index (χ2v) is 6.03. The Bertz CT molecular complexity index is 954. The number of benzene rings is 1. The van der Waals surface area contributed by atoms with E-state index >= 15 is 0 Å². The first-order valence-electron chi connectivity index (χ1n) is 8.21. The third-order valence-electron chi connectivity index (χ3n) is 4.63. The van der Waals surface area contributed by atoms with E-state index < -0.39 is 17.3 Å². The van der Waals surface area contributed by atoms with Crippen LogP contribution in [-0.2, 0) is 17.3 Å². The number of aromatic nitrogens is 4. The van der Waals surface area contributed by atoms with E-state index in [1.165, 1.54) is 10.9 Å². The molecule has 0 aliphatic heterocycles. The zero-order chi connectivity index (χ0) is 18.7. The molecule has 2 N–H and O–H groups in total. The largest absolute Gasteiger partial charge is 0.481 e. The van der Waals surface area contributed by atoms with Crippen molar-refractivity contribution in [3.8, 4) is 0 Å². The van der Waals surface area contributed by atoms with Crippen LogP contribution < -0.4 is 5.32 Å². The number of amides is 1. The van der Waals surface area contributed by atoms with Crippen LogP contribution in [0.25, 0.3) is 11.2 Å². The van der Waals surface area contributed by atoms with Gasteiger partial charge in [-0.05, 0) is 18.1 Å². The van der Waals surface area contributed by atoms with Crippen molar-refractivity contribution in [3.05, 3.63) is 53.7 Å². The molecule has 1 aromatic carbocycles. The maximum absolute atomic E-state index is 12.7. The van der Waals surface area contributed by atoms with Crippen LogP contribution in [0.5, 0.6) is 0 Å². The number of nitrogens with zero attached hydrogens (tertiary/aromatic N) is 4. The van der Waals surface area contributed by atoms with E-state index in [1.807, 2.05) is 6.07 Å². The lowest BCUT2D eigenvalue weighted by Gasteiger charge is -2.29. The first-order chi connectivity index (χ1) is 12.5. The molecule has 2 heterocycles. The Morgan fingerprint density at radius 3 is 2.62 bits per heavy atom. The minimum Gasteiger partial charge on any atom is -0.481 e. The molecule has 0 spiro atoms. The molecule has 0 saturated carbocycles. The van der Waals surface area contributed by atoms with Crippen LogP contribution >= 0.6 is 0 Å². The predicted molar refractivity (Wildman–Crippen MR) is 94.7 cm³/mol. The van der Waals surface area contributed by atoms with E-state index in [-0.39, 0.29) is 6.54 Å². The van der Waals surface area contributed by atoms with Crippen molar-refractivity contribution in [2.75, 3.05) is 6.54 Å². The highest BCUT2D eigenvalue weighted by atomic mass is 16.4. The van der Waals surface area contributed by atoms with Crippen molar-refractivity contribution in [2.45, 2.75) is 18.8 Å². The number of carbonyl (C=O) groups excluding carboxylic acids is 1. The van der Waals surface area contributed by atoms with E-state index in [1.54, 1.807) is 44.3 Å². The van der Waals surface area contributed by atoms with Crippen LogP contribution in [0.4, 0.5) is 0 Å². The summed E-state index contributed by atoms with van der Waals surface area (Å²) < 4.78 is 1.48. The van der Waals surface area contributed by atoms with Crippen molar-refractivity contribution >= 4 is 23.0 Å². The molecular weight excluding hydrogens is 334 g/mol. The highest BCUT2D eigenvalue weighted by molar-refractivity contribution is 6.04. The second-order valence-electron chi connectivity index (χ2n) is 6.03. The molecular formula is C18H19N5O3. The number of aliphatic carboxylic acids is 1. The number of carbonyl (C=O) groups is 2. The number of carboxylic acid groups (broad SMARTS) is 1. The van der Waals surface area contributed by atoms with Gasteiger partial charge >= 0.3 is 5.97 Å². The molecule has 0 radical (unpaired) electrons. The van der Waals surface area contributed by atoms with Crippen LogP contribution in [0.1, 0.15) is 29.3 Å². The van der Waals surface area contributed by atoms with Crippen molar-refractivity contribution in [2.24, 2.45) is 7.05 Å². The third-order valence-corrected chi connectivity index (χ3v) is 4.63. The number of carboxylic acids is 1. The van der Waals surface area contributed by atoms with Crippen LogP contribution in [0.15, 0.2) is 42.6 Å². The number of pyridine rings is 1. The average Bonchev–Trinajstić information content (AvgIpc) is 3.04. The highest BCUT2D eigenvalue weighted by Crippen LogP contribution is 2.28. The average molecular weight is 353 g/mol. The lowest BCUT2D eigenvalue weighted by atomic mass is 9.78. The molecule has 3 rings (SSSR count). The van der Waals surface area contributed by atoms with Crippen LogP contribution in [0, 0.1) is 0 Å². The topological polar surface area (TPSA) is 110 Å². The molecule has 0 aliphatic carbocycles. The summed E-state index contributed by atoms with van der Waals surface area (Å²) in [5.41, 5.74) is 0.623. The van der Waals surface area contributed by atoms with E-state index in [2.05, 4.69) is 20.6 Å². The van der Waals surface area contributed by atoms with E-state index in [9.17, 15) is 14.7 Å². The van der Waals surface area contributed by atoms with E-state index in [0.717, 1.165) is 0 Å². The third kappa shape index (κ3) is 2.90. The van der Waals surface area contributed by atoms with Gasteiger partial charge in [0.25, 0.3) is 5.91 Å². The Kier molecular flexibility index (Phi) is 4.66. The molecule has 1 amide bonds. The summed E-state index contributed by atoms with van der Waals surface area (Å²) in [6, 6.07) is 10.5. The minimum atomic E-state index is -1.20. The van der Waals surface area contributed by atoms with Crippen LogP contribution in [-0.4, -0.2) is 43.5 Å². The van der Waals surface area contributed by atoms with Gasteiger partial charge in [0.2, 0.25) is 0 Å². The Morgan fingerprint density at radius 2 is 1.96 bits per heavy atom. The normalized spacial score (nSPS) is 13.3. The van der Waals surface area contributed by atoms with Gasteiger partial charge in [0, 0.05) is 19.8 Å². The van der Waals surface area contributed by atoms with E-state index in [0.29, 0.717) is 28.7 Å². The molecule has 3 aromatic rings. The van der Waals surface area contributed by atoms with E-state index in [4.69, 9.17) is 0 Å². The molecule has 8 nitrogen and oxygen atoms in total. The van der Waals surface area contributed by atoms with Crippen molar-refractivity contribution in [3.63, 3.8) is 0 Å². The zero-order valence-corrected chi connectivity index (χ0v) is 14.5. The van der Waals surface area contributed by atoms with Gasteiger partial charge < -0.3 is 10.4 Å². The molecule has 0 bridgehead atoms. The van der Waals surface area contributed by atoms with Gasteiger partial charge in [0.1, 0.15) is 10.9 Å². The molecule has 8 heteroatoms. The Hall–Kier alpha value is -3.29. The summed E-state index contributed by atoms with van der Waals surface area (Å²) in [5.74, 6) is -1.39. The van der Waals surface area contributed by atoms with Gasteiger partial charge in [-0.1, -0.05) is 42.5 Å². The predicted octanol–water partition coefficient (Wildman–Crippen LogP) is 1.53. The van der Waals surface area contributed by atoms with Gasteiger partial charge in [-0.3, -0.25) is 9.59 Å². The minimum absolute atomic E-state index is 0.0360. The summed E-state index contributed by atoms with van der Waals surface area (Å²) in [6.07, 6.45) is 1.84. The molecule has 26 heavy (non-hydrogen) atoms. The summed E-state index contributed by atoms with van der Waals surface area (Å²) in [5, 5.41) is 20.4. The smallest absolute Gasteiger partial charge is 0.315 e. The van der Waals surface area contributed by atoms with Gasteiger partial charge in [-0.15, -0.1) is 5.10 Å². The molecule has 1 atom stereocenters. The molecule has 2 aromatic heterocycles. The van der Waals surface area contributed by atoms with Gasteiger partial charge in [-0.2, -0.15) is 0 Å². The zero-order valence-electron chi connectivity index (χ0n) is 14.5. The summed E-state index contributed by atoms with van der Waals surface area (Å²) >= 11 is 0. The van der Waals surface area contributed by atoms with Crippen molar-refractivity contribution in [1.82, 2.24) is 25.3 Å². The fourth-order valence-corrected chi connectivity index (χ4v) is 2.98. The maximum Gasteiger partial charge on any atom is 0.315 e. The number of hydrogen-bond donors (Lipinski definition) is 2. The number of hydrogen-bond acceptors (Lipinski definition) is 5. The number of fused-ring (bicyclic) bond motifs is 1. The van der Waals surface area contributed by atoms with Gasteiger partial charge in [-0.25, -0.2) is 9.67 Å². The molecule has 134 valence electrons. The highest BCUT2D eigenvalue weighted by Gasteiger charge is 2.39. The lowest BCUT2D eigenvalue weighted by molar-refractivity contribution is -0.143. The second kappa shape index (κ2) is 6.91. The maximum atomic E-state index is 12.7.